The maximum atomic E-state index is 12.6. The molecule has 0 bridgehead atoms. The van der Waals surface area contributed by atoms with Gasteiger partial charge >= 0.3 is 0 Å². The van der Waals surface area contributed by atoms with Crippen molar-refractivity contribution < 1.29 is 8.42 Å². The van der Waals surface area contributed by atoms with E-state index in [-0.39, 0.29) is 4.90 Å². The molecular formula is C17H19BrN2O2S. The molecule has 0 amide bonds. The minimum atomic E-state index is -3.59. The highest BCUT2D eigenvalue weighted by Gasteiger charge is 2.19. The van der Waals surface area contributed by atoms with Crippen LogP contribution in [0, 0.1) is 0 Å². The highest BCUT2D eigenvalue weighted by Crippen LogP contribution is 2.30. The van der Waals surface area contributed by atoms with Gasteiger partial charge in [-0.15, -0.1) is 0 Å². The van der Waals surface area contributed by atoms with Crippen LogP contribution in [-0.2, 0) is 10.0 Å². The molecule has 1 aliphatic heterocycles. The SMILES string of the molecule is O=S(=O)(Nc1ccccc1N1CCCCC1)c1ccc(Br)cc1. The maximum absolute atomic E-state index is 12.6. The van der Waals surface area contributed by atoms with Gasteiger partial charge in [0.05, 0.1) is 16.3 Å². The van der Waals surface area contributed by atoms with Gasteiger partial charge < -0.3 is 4.90 Å². The molecule has 1 aliphatic rings. The number of sulfonamides is 1. The Morgan fingerprint density at radius 3 is 2.26 bits per heavy atom. The molecule has 23 heavy (non-hydrogen) atoms. The van der Waals surface area contributed by atoms with E-state index < -0.39 is 10.0 Å². The number of rotatable bonds is 4. The molecule has 1 N–H and O–H groups in total. The lowest BCUT2D eigenvalue weighted by atomic mass is 10.1. The summed E-state index contributed by atoms with van der Waals surface area (Å²) < 4.78 is 28.8. The van der Waals surface area contributed by atoms with E-state index in [1.807, 2.05) is 24.3 Å². The van der Waals surface area contributed by atoms with E-state index in [0.717, 1.165) is 36.1 Å². The van der Waals surface area contributed by atoms with Gasteiger partial charge in [-0.2, -0.15) is 0 Å². The average Bonchev–Trinajstić information content (AvgIpc) is 2.56. The van der Waals surface area contributed by atoms with Gasteiger partial charge in [0.15, 0.2) is 0 Å². The lowest BCUT2D eigenvalue weighted by molar-refractivity contribution is 0.578. The lowest BCUT2D eigenvalue weighted by Gasteiger charge is -2.30. The number of benzene rings is 2. The first-order chi connectivity index (χ1) is 11.1. The van der Waals surface area contributed by atoms with Crippen LogP contribution < -0.4 is 9.62 Å². The Kier molecular flexibility index (Phi) is 4.92. The number of halogens is 1. The second-order valence-electron chi connectivity index (χ2n) is 5.62. The molecule has 2 aromatic carbocycles. The molecule has 0 saturated carbocycles. The molecule has 6 heteroatoms. The molecular weight excluding hydrogens is 376 g/mol. The number of nitrogens with zero attached hydrogens (tertiary/aromatic N) is 1. The third-order valence-electron chi connectivity index (χ3n) is 3.97. The van der Waals surface area contributed by atoms with Crippen LogP contribution in [0.3, 0.4) is 0 Å². The maximum Gasteiger partial charge on any atom is 0.261 e. The summed E-state index contributed by atoms with van der Waals surface area (Å²) in [5, 5.41) is 0. The first-order valence-electron chi connectivity index (χ1n) is 7.69. The zero-order valence-corrected chi connectivity index (χ0v) is 15.1. The van der Waals surface area contributed by atoms with Gasteiger partial charge in [-0.1, -0.05) is 28.1 Å². The molecule has 1 fully saturated rings. The van der Waals surface area contributed by atoms with Crippen molar-refractivity contribution in [1.82, 2.24) is 0 Å². The van der Waals surface area contributed by atoms with Crippen molar-refractivity contribution in [2.24, 2.45) is 0 Å². The topological polar surface area (TPSA) is 49.4 Å². The average molecular weight is 395 g/mol. The predicted molar refractivity (Wildman–Crippen MR) is 97.5 cm³/mol. The van der Waals surface area contributed by atoms with Crippen LogP contribution in [0.1, 0.15) is 19.3 Å². The second-order valence-corrected chi connectivity index (χ2v) is 8.22. The summed E-state index contributed by atoms with van der Waals surface area (Å²) in [6, 6.07) is 14.2. The van der Waals surface area contributed by atoms with Crippen LogP contribution in [0.5, 0.6) is 0 Å². The van der Waals surface area contributed by atoms with Gasteiger partial charge in [-0.25, -0.2) is 8.42 Å². The fourth-order valence-corrected chi connectivity index (χ4v) is 4.13. The predicted octanol–water partition coefficient (Wildman–Crippen LogP) is 4.24. The lowest BCUT2D eigenvalue weighted by Crippen LogP contribution is -2.30. The van der Waals surface area contributed by atoms with Crippen LogP contribution in [0.4, 0.5) is 11.4 Å². The van der Waals surface area contributed by atoms with Gasteiger partial charge in [-0.3, -0.25) is 4.72 Å². The molecule has 1 saturated heterocycles. The van der Waals surface area contributed by atoms with Crippen molar-refractivity contribution in [2.75, 3.05) is 22.7 Å². The minimum Gasteiger partial charge on any atom is -0.370 e. The standard InChI is InChI=1S/C17H19BrN2O2S/c18-14-8-10-15(11-9-14)23(21,22)19-16-6-2-3-7-17(16)20-12-4-1-5-13-20/h2-3,6-11,19H,1,4-5,12-13H2. The Morgan fingerprint density at radius 2 is 1.57 bits per heavy atom. The Bertz CT molecular complexity index is 769. The zero-order valence-electron chi connectivity index (χ0n) is 12.7. The molecule has 2 aromatic rings. The highest BCUT2D eigenvalue weighted by molar-refractivity contribution is 9.10. The van der Waals surface area contributed by atoms with Crippen molar-refractivity contribution in [1.29, 1.82) is 0 Å². The summed E-state index contributed by atoms with van der Waals surface area (Å²) >= 11 is 3.32. The van der Waals surface area contributed by atoms with E-state index in [9.17, 15) is 8.42 Å². The van der Waals surface area contributed by atoms with Gasteiger partial charge in [-0.05, 0) is 55.7 Å². The summed E-state index contributed by atoms with van der Waals surface area (Å²) in [5.41, 5.74) is 1.59. The van der Waals surface area contributed by atoms with Crippen LogP contribution in [0.2, 0.25) is 0 Å². The smallest absolute Gasteiger partial charge is 0.261 e. The summed E-state index contributed by atoms with van der Waals surface area (Å²) in [7, 11) is -3.59. The molecule has 0 aliphatic carbocycles. The largest absolute Gasteiger partial charge is 0.370 e. The van der Waals surface area contributed by atoms with E-state index in [1.54, 1.807) is 24.3 Å². The number of anilines is 2. The quantitative estimate of drug-likeness (QED) is 0.843. The van der Waals surface area contributed by atoms with Crippen LogP contribution in [0.25, 0.3) is 0 Å². The number of hydrogen-bond acceptors (Lipinski definition) is 3. The first kappa shape index (κ1) is 16.3. The Morgan fingerprint density at radius 1 is 0.913 bits per heavy atom. The van der Waals surface area contributed by atoms with Crippen LogP contribution in [-0.4, -0.2) is 21.5 Å². The fraction of sp³-hybridized carbons (Fsp3) is 0.294. The molecule has 3 rings (SSSR count). The van der Waals surface area contributed by atoms with Crippen molar-refractivity contribution in [3.8, 4) is 0 Å². The summed E-state index contributed by atoms with van der Waals surface area (Å²) in [4.78, 5) is 2.51. The van der Waals surface area contributed by atoms with Crippen LogP contribution in [0.15, 0.2) is 57.9 Å². The number of hydrogen-bond donors (Lipinski definition) is 1. The zero-order chi connectivity index (χ0) is 16.3. The van der Waals surface area contributed by atoms with Gasteiger partial charge in [0.25, 0.3) is 10.0 Å². The molecule has 4 nitrogen and oxygen atoms in total. The Balaban J connectivity index is 1.89. The Hall–Kier alpha value is -1.53. The van der Waals surface area contributed by atoms with Gasteiger partial charge in [0.2, 0.25) is 0 Å². The normalized spacial score (nSPS) is 15.4. The molecule has 0 spiro atoms. The first-order valence-corrected chi connectivity index (χ1v) is 9.96. The molecule has 1 heterocycles. The third-order valence-corrected chi connectivity index (χ3v) is 5.88. The summed E-state index contributed by atoms with van der Waals surface area (Å²) in [5.74, 6) is 0. The molecule has 122 valence electrons. The summed E-state index contributed by atoms with van der Waals surface area (Å²) in [6.45, 7) is 1.94. The number of piperidine rings is 1. The fourth-order valence-electron chi connectivity index (χ4n) is 2.79. The van der Waals surface area contributed by atoms with Crippen molar-refractivity contribution >= 4 is 37.3 Å². The summed E-state index contributed by atoms with van der Waals surface area (Å²) in [6.07, 6.45) is 3.53. The Labute approximate surface area is 145 Å². The minimum absolute atomic E-state index is 0.258. The van der Waals surface area contributed by atoms with Gasteiger partial charge in [0.1, 0.15) is 0 Å². The molecule has 0 atom stereocenters. The monoisotopic (exact) mass is 394 g/mol. The third kappa shape index (κ3) is 3.87. The van der Waals surface area contributed by atoms with E-state index in [0.29, 0.717) is 5.69 Å². The second kappa shape index (κ2) is 6.93. The highest BCUT2D eigenvalue weighted by atomic mass is 79.9. The van der Waals surface area contributed by atoms with Crippen molar-refractivity contribution in [3.05, 3.63) is 53.0 Å². The van der Waals surface area contributed by atoms with Crippen molar-refractivity contribution in [2.45, 2.75) is 24.2 Å². The van der Waals surface area contributed by atoms with Crippen molar-refractivity contribution in [3.63, 3.8) is 0 Å². The number of nitrogens with one attached hydrogen (secondary N) is 1. The molecule has 0 radical (unpaired) electrons. The van der Waals surface area contributed by atoms with E-state index in [1.165, 1.54) is 6.42 Å². The molecule has 0 unspecified atom stereocenters. The molecule has 0 aromatic heterocycles. The number of para-hydroxylation sites is 2. The van der Waals surface area contributed by atoms with Gasteiger partial charge in [0, 0.05) is 17.6 Å². The van der Waals surface area contributed by atoms with E-state index >= 15 is 0 Å². The van der Waals surface area contributed by atoms with E-state index in [4.69, 9.17) is 0 Å². The van der Waals surface area contributed by atoms with E-state index in [2.05, 4.69) is 25.6 Å². The van der Waals surface area contributed by atoms with Crippen LogP contribution >= 0.6 is 15.9 Å².